The monoisotopic (exact) mass is 336 g/mol. The van der Waals surface area contributed by atoms with E-state index in [0.29, 0.717) is 6.42 Å². The van der Waals surface area contributed by atoms with Crippen LogP contribution in [0, 0.1) is 5.82 Å². The van der Waals surface area contributed by atoms with Crippen LogP contribution in [0.3, 0.4) is 0 Å². The van der Waals surface area contributed by atoms with Crippen LogP contribution in [0.4, 0.5) is 4.39 Å². The molecule has 0 saturated carbocycles. The maximum absolute atomic E-state index is 12.9. The van der Waals surface area contributed by atoms with Gasteiger partial charge in [0, 0.05) is 6.26 Å². The molecule has 0 fully saturated rings. The van der Waals surface area contributed by atoms with Crippen LogP contribution in [0.25, 0.3) is 11.1 Å². The molecule has 0 aromatic heterocycles. The number of hydrogen-bond acceptors (Lipinski definition) is 3. The number of rotatable bonds is 6. The van der Waals surface area contributed by atoms with Gasteiger partial charge in [0.25, 0.3) is 0 Å². The number of hydrogen-bond donors (Lipinski definition) is 1. The maximum atomic E-state index is 12.9. The molecule has 2 aromatic rings. The van der Waals surface area contributed by atoms with Crippen molar-refractivity contribution in [1.82, 2.24) is 0 Å². The molecule has 6 heteroatoms. The molecule has 0 heterocycles. The van der Waals surface area contributed by atoms with Gasteiger partial charge in [0.15, 0.2) is 15.1 Å². The highest BCUT2D eigenvalue weighted by Crippen LogP contribution is 2.21. The number of halogens is 1. The highest BCUT2D eigenvalue weighted by Gasteiger charge is 2.27. The Morgan fingerprint density at radius 2 is 1.52 bits per heavy atom. The number of carboxylic acid groups (broad SMARTS) is 1. The first-order valence-corrected chi connectivity index (χ1v) is 8.99. The minimum Gasteiger partial charge on any atom is -0.480 e. The zero-order valence-corrected chi connectivity index (χ0v) is 13.4. The van der Waals surface area contributed by atoms with E-state index in [9.17, 15) is 17.6 Å². The minimum absolute atomic E-state index is 0.0318. The summed E-state index contributed by atoms with van der Waals surface area (Å²) < 4.78 is 35.8. The lowest BCUT2D eigenvalue weighted by Gasteiger charge is -2.10. The predicted molar refractivity (Wildman–Crippen MR) is 86.4 cm³/mol. The van der Waals surface area contributed by atoms with E-state index in [1.165, 1.54) is 12.1 Å². The Bertz CT molecular complexity index is 780. The lowest BCUT2D eigenvalue weighted by molar-refractivity contribution is -0.136. The third-order valence-corrected chi connectivity index (χ3v) is 5.09. The highest BCUT2D eigenvalue weighted by atomic mass is 32.2. The summed E-state index contributed by atoms with van der Waals surface area (Å²) in [6.45, 7) is 0. The highest BCUT2D eigenvalue weighted by molar-refractivity contribution is 7.92. The molecule has 0 spiro atoms. The molecule has 0 aliphatic rings. The second-order valence-electron chi connectivity index (χ2n) is 5.40. The van der Waals surface area contributed by atoms with Gasteiger partial charge in [-0.3, -0.25) is 4.79 Å². The number of sulfone groups is 1. The molecule has 0 aliphatic carbocycles. The SMILES string of the molecule is CS(=O)(=O)C(CCc1ccc(-c2ccc(F)cc2)cc1)C(=O)O. The average molecular weight is 336 g/mol. The first kappa shape index (κ1) is 17.1. The van der Waals surface area contributed by atoms with Crippen molar-refractivity contribution in [2.45, 2.75) is 18.1 Å². The molecule has 1 N–H and O–H groups in total. The van der Waals surface area contributed by atoms with Gasteiger partial charge in [-0.25, -0.2) is 12.8 Å². The van der Waals surface area contributed by atoms with Crippen LogP contribution in [-0.4, -0.2) is 31.0 Å². The lowest BCUT2D eigenvalue weighted by atomic mass is 10.0. The molecule has 122 valence electrons. The van der Waals surface area contributed by atoms with Gasteiger partial charge in [-0.15, -0.1) is 0 Å². The Balaban J connectivity index is 2.08. The standard InChI is InChI=1S/C17H17FO4S/c1-23(21,22)16(17(19)20)11-4-12-2-5-13(6-3-12)14-7-9-15(18)10-8-14/h2-3,5-10,16H,4,11H2,1H3,(H,19,20). The molecule has 0 radical (unpaired) electrons. The Labute approximate surface area is 134 Å². The van der Waals surface area contributed by atoms with Gasteiger partial charge in [-0.2, -0.15) is 0 Å². The number of aryl methyl sites for hydroxylation is 1. The molecule has 0 saturated heterocycles. The summed E-state index contributed by atoms with van der Waals surface area (Å²) in [6.07, 6.45) is 1.32. The average Bonchev–Trinajstić information content (AvgIpc) is 2.47. The zero-order chi connectivity index (χ0) is 17.0. The molecule has 2 aromatic carbocycles. The summed E-state index contributed by atoms with van der Waals surface area (Å²) in [6, 6.07) is 13.4. The summed E-state index contributed by atoms with van der Waals surface area (Å²) in [5.74, 6) is -1.62. The van der Waals surface area contributed by atoms with Crippen LogP contribution < -0.4 is 0 Å². The number of benzene rings is 2. The smallest absolute Gasteiger partial charge is 0.321 e. The van der Waals surface area contributed by atoms with Gasteiger partial charge in [0.05, 0.1) is 0 Å². The quantitative estimate of drug-likeness (QED) is 0.880. The Hall–Kier alpha value is -2.21. The largest absolute Gasteiger partial charge is 0.480 e. The molecule has 1 unspecified atom stereocenters. The van der Waals surface area contributed by atoms with Gasteiger partial charge in [-0.05, 0) is 41.7 Å². The molecular formula is C17H17FO4S. The molecule has 23 heavy (non-hydrogen) atoms. The van der Waals surface area contributed by atoms with E-state index in [0.717, 1.165) is 22.9 Å². The maximum Gasteiger partial charge on any atom is 0.321 e. The van der Waals surface area contributed by atoms with Crippen molar-refractivity contribution in [2.24, 2.45) is 0 Å². The van der Waals surface area contributed by atoms with E-state index in [1.54, 1.807) is 12.1 Å². The molecule has 0 aliphatic heterocycles. The summed E-state index contributed by atoms with van der Waals surface area (Å²) >= 11 is 0. The molecule has 4 nitrogen and oxygen atoms in total. The molecule has 0 bridgehead atoms. The molecule has 2 rings (SSSR count). The first-order valence-electron chi connectivity index (χ1n) is 7.04. The predicted octanol–water partition coefficient (Wildman–Crippen LogP) is 2.92. The number of carboxylic acids is 1. The second-order valence-corrected chi connectivity index (χ2v) is 7.63. The van der Waals surface area contributed by atoms with Crippen LogP contribution in [0.5, 0.6) is 0 Å². The first-order chi connectivity index (χ1) is 10.8. The van der Waals surface area contributed by atoms with E-state index in [2.05, 4.69) is 0 Å². The van der Waals surface area contributed by atoms with Crippen molar-refractivity contribution in [3.05, 3.63) is 59.9 Å². The summed E-state index contributed by atoms with van der Waals surface area (Å²) in [4.78, 5) is 11.0. The van der Waals surface area contributed by atoms with Gasteiger partial charge in [-0.1, -0.05) is 36.4 Å². The molecule has 0 amide bonds. The summed E-state index contributed by atoms with van der Waals surface area (Å²) in [7, 11) is -3.62. The topological polar surface area (TPSA) is 71.4 Å². The van der Waals surface area contributed by atoms with Gasteiger partial charge < -0.3 is 5.11 Å². The van der Waals surface area contributed by atoms with Crippen LogP contribution in [0.1, 0.15) is 12.0 Å². The van der Waals surface area contributed by atoms with E-state index in [-0.39, 0.29) is 12.2 Å². The zero-order valence-electron chi connectivity index (χ0n) is 12.6. The molecular weight excluding hydrogens is 319 g/mol. The summed E-state index contributed by atoms with van der Waals surface area (Å²) in [5, 5.41) is 7.60. The number of aliphatic carboxylic acids is 1. The Morgan fingerprint density at radius 3 is 1.96 bits per heavy atom. The van der Waals surface area contributed by atoms with E-state index >= 15 is 0 Å². The van der Waals surface area contributed by atoms with Crippen LogP contribution in [0.15, 0.2) is 48.5 Å². The van der Waals surface area contributed by atoms with Crippen molar-refractivity contribution < 1.29 is 22.7 Å². The fourth-order valence-corrected chi connectivity index (χ4v) is 3.24. The van der Waals surface area contributed by atoms with Gasteiger partial charge >= 0.3 is 5.97 Å². The Morgan fingerprint density at radius 1 is 1.04 bits per heavy atom. The van der Waals surface area contributed by atoms with Crippen LogP contribution >= 0.6 is 0 Å². The lowest BCUT2D eigenvalue weighted by Crippen LogP contribution is -2.29. The van der Waals surface area contributed by atoms with Gasteiger partial charge in [0.1, 0.15) is 5.82 Å². The van der Waals surface area contributed by atoms with Gasteiger partial charge in [0.2, 0.25) is 0 Å². The number of carbonyl (C=O) groups is 1. The molecule has 1 atom stereocenters. The van der Waals surface area contributed by atoms with E-state index < -0.39 is 21.1 Å². The van der Waals surface area contributed by atoms with E-state index in [1.807, 2.05) is 24.3 Å². The van der Waals surface area contributed by atoms with Crippen molar-refractivity contribution in [1.29, 1.82) is 0 Å². The summed E-state index contributed by atoms with van der Waals surface area (Å²) in [5.41, 5.74) is 2.63. The van der Waals surface area contributed by atoms with Crippen LogP contribution in [-0.2, 0) is 21.1 Å². The fraction of sp³-hybridized carbons (Fsp3) is 0.235. The van der Waals surface area contributed by atoms with Crippen LogP contribution in [0.2, 0.25) is 0 Å². The second kappa shape index (κ2) is 6.91. The Kier molecular flexibility index (Phi) is 5.15. The minimum atomic E-state index is -3.62. The van der Waals surface area contributed by atoms with Crippen molar-refractivity contribution in [2.75, 3.05) is 6.26 Å². The van der Waals surface area contributed by atoms with Crippen molar-refractivity contribution in [3.8, 4) is 11.1 Å². The third-order valence-electron chi connectivity index (χ3n) is 3.62. The normalized spacial score (nSPS) is 12.8. The van der Waals surface area contributed by atoms with Crippen molar-refractivity contribution in [3.63, 3.8) is 0 Å². The van der Waals surface area contributed by atoms with E-state index in [4.69, 9.17) is 5.11 Å². The fourth-order valence-electron chi connectivity index (χ4n) is 2.32. The van der Waals surface area contributed by atoms with Crippen molar-refractivity contribution >= 4 is 15.8 Å². The third kappa shape index (κ3) is 4.63.